The van der Waals surface area contributed by atoms with E-state index in [0.29, 0.717) is 75.4 Å². The fraction of sp³-hybridized carbons (Fsp3) is 0.549. The van der Waals surface area contributed by atoms with Crippen molar-refractivity contribution < 1.29 is 54.1 Å². The van der Waals surface area contributed by atoms with Gasteiger partial charge in [-0.15, -0.1) is 11.5 Å². The Kier molecular flexibility index (Phi) is 25.7. The van der Waals surface area contributed by atoms with E-state index in [9.17, 15) is 39.9 Å². The summed E-state index contributed by atoms with van der Waals surface area (Å²) < 4.78 is 17.8. The van der Waals surface area contributed by atoms with E-state index in [1.807, 2.05) is 231 Å². The summed E-state index contributed by atoms with van der Waals surface area (Å²) in [4.78, 5) is 37.6. The molecule has 0 aromatic rings. The summed E-state index contributed by atoms with van der Waals surface area (Å²) in [5.41, 5.74) is 10.8. The third kappa shape index (κ3) is 20.5. The first-order valence-corrected chi connectivity index (χ1v) is 33.4. The van der Waals surface area contributed by atoms with Gasteiger partial charge in [-0.3, -0.25) is 14.4 Å². The van der Waals surface area contributed by atoms with Crippen LogP contribution in [-0.2, 0) is 28.6 Å². The van der Waals surface area contributed by atoms with E-state index in [1.54, 1.807) is 13.8 Å². The molecule has 11 nitrogen and oxygen atoms in total. The molecule has 4 saturated carbocycles. The van der Waals surface area contributed by atoms with Crippen molar-refractivity contribution in [2.45, 2.75) is 268 Å². The van der Waals surface area contributed by atoms with Crippen LogP contribution >= 0.6 is 0 Å². The summed E-state index contributed by atoms with van der Waals surface area (Å²) in [6.07, 6.45) is 47.0. The summed E-state index contributed by atoms with van der Waals surface area (Å²) in [6.45, 7) is 41.3. The zero-order valence-electron chi connectivity index (χ0n) is 60.3. The number of Topliss-reactive ketones (excluding diaryl/α,β-unsaturated/α-hetero) is 2. The Bertz CT molecular complexity index is 3350. The largest absolute Gasteiger partial charge is 0.462 e. The van der Waals surface area contributed by atoms with Crippen LogP contribution in [0.3, 0.4) is 0 Å². The average molecular weight is 1280 g/mol. The van der Waals surface area contributed by atoms with E-state index in [4.69, 9.17) is 14.2 Å². The summed E-state index contributed by atoms with van der Waals surface area (Å²) in [5.74, 6) is -0.158. The number of aliphatic hydroxyl groups is 5. The van der Waals surface area contributed by atoms with Crippen molar-refractivity contribution in [1.29, 1.82) is 0 Å². The van der Waals surface area contributed by atoms with E-state index in [-0.39, 0.29) is 57.5 Å². The van der Waals surface area contributed by atoms with Crippen LogP contribution in [0.5, 0.6) is 0 Å². The van der Waals surface area contributed by atoms with Gasteiger partial charge < -0.3 is 39.7 Å². The minimum absolute atomic E-state index is 0.0816. The molecule has 5 N–H and O–H groups in total. The van der Waals surface area contributed by atoms with Crippen molar-refractivity contribution in [2.75, 3.05) is 0 Å². The molecule has 6 fully saturated rings. The highest BCUT2D eigenvalue weighted by atomic mass is 16.6. The Morgan fingerprint density at radius 1 is 0.419 bits per heavy atom. The number of ether oxygens (including phenoxy) is 3. The maximum atomic E-state index is 13.1. The summed E-state index contributed by atoms with van der Waals surface area (Å²) in [6, 6.07) is 0. The molecule has 0 spiro atoms. The van der Waals surface area contributed by atoms with Gasteiger partial charge in [-0.25, -0.2) is 0 Å². The summed E-state index contributed by atoms with van der Waals surface area (Å²) in [7, 11) is 0. The van der Waals surface area contributed by atoms with Gasteiger partial charge in [0.25, 0.3) is 0 Å². The molecule has 0 aromatic heterocycles. The molecule has 2 saturated heterocycles. The molecular formula is C82H114O11. The molecule has 0 bridgehead atoms. The van der Waals surface area contributed by atoms with Crippen molar-refractivity contribution in [2.24, 2.45) is 21.7 Å². The number of hydrogen-bond donors (Lipinski definition) is 5. The number of carbonyl (C=O) groups is 3. The Labute approximate surface area is 559 Å². The van der Waals surface area contributed by atoms with Crippen molar-refractivity contribution in [3.05, 3.63) is 201 Å². The van der Waals surface area contributed by atoms with Gasteiger partial charge in [0.1, 0.15) is 17.3 Å². The monoisotopic (exact) mass is 1270 g/mol. The van der Waals surface area contributed by atoms with E-state index >= 15 is 0 Å². The molecule has 6 aliphatic rings. The minimum atomic E-state index is -1.11. The van der Waals surface area contributed by atoms with Crippen LogP contribution in [0.25, 0.3) is 0 Å². The topological polar surface area (TPSA) is 187 Å². The fourth-order valence-corrected chi connectivity index (χ4v) is 15.2. The molecular weight excluding hydrogens is 1160 g/mol. The zero-order valence-corrected chi connectivity index (χ0v) is 60.3. The summed E-state index contributed by atoms with van der Waals surface area (Å²) >= 11 is 0. The van der Waals surface area contributed by atoms with Gasteiger partial charge >= 0.3 is 5.97 Å². The first-order chi connectivity index (χ1) is 42.9. The number of aliphatic hydroxyl groups excluding tert-OH is 3. The van der Waals surface area contributed by atoms with Crippen LogP contribution in [0.2, 0.25) is 0 Å². The van der Waals surface area contributed by atoms with Gasteiger partial charge in [-0.2, -0.15) is 0 Å². The highest BCUT2D eigenvalue weighted by Crippen LogP contribution is 2.68. The van der Waals surface area contributed by atoms with Crippen LogP contribution in [0.1, 0.15) is 210 Å². The lowest BCUT2D eigenvalue weighted by Gasteiger charge is -2.44. The number of hydrogen-bond acceptors (Lipinski definition) is 11. The SMILES string of the molecule is CC(=O)OC1CC(C)(C)C(=C=C/C(C)=C/C=C/C(C)=C/C=C/C=C(C)/C=C/C=C(\C)C(=O)CC23OC2(C)CC(O)CC3(C)C)C(C)(O)C1.C\C(C=C=C1C(C)(C)CC(O)CC1(C)O)=C/C=C/C(C)=C/C=C/C=C(C)/C=C/C=C(\C)C(=O)CC12OC1(C)CC(O)CC2(C)C. The van der Waals surface area contributed by atoms with Crippen molar-refractivity contribution in [3.8, 4) is 0 Å². The second-order valence-electron chi connectivity index (χ2n) is 31.1. The Morgan fingerprint density at radius 2 is 0.731 bits per heavy atom. The number of carbonyl (C=O) groups excluding carboxylic acids is 3. The highest BCUT2D eigenvalue weighted by molar-refractivity contribution is 5.97. The predicted octanol–water partition coefficient (Wildman–Crippen LogP) is 16.8. The smallest absolute Gasteiger partial charge is 0.302 e. The molecule has 508 valence electrons. The van der Waals surface area contributed by atoms with Crippen LogP contribution in [0.4, 0.5) is 0 Å². The van der Waals surface area contributed by atoms with Gasteiger partial charge in [0.2, 0.25) is 0 Å². The van der Waals surface area contributed by atoms with Crippen LogP contribution in [0.15, 0.2) is 201 Å². The Hall–Kier alpha value is -6.07. The van der Waals surface area contributed by atoms with Gasteiger partial charge in [0.05, 0.1) is 40.7 Å². The third-order valence-corrected chi connectivity index (χ3v) is 20.0. The van der Waals surface area contributed by atoms with E-state index in [2.05, 4.69) is 39.2 Å². The maximum Gasteiger partial charge on any atom is 0.302 e. The second-order valence-corrected chi connectivity index (χ2v) is 31.1. The Morgan fingerprint density at radius 3 is 1.05 bits per heavy atom. The zero-order chi connectivity index (χ0) is 70.0. The number of fused-ring (bicyclic) bond motifs is 2. The summed E-state index contributed by atoms with van der Waals surface area (Å²) in [5, 5.41) is 52.6. The number of epoxide rings is 2. The van der Waals surface area contributed by atoms with E-state index in [1.165, 1.54) is 6.92 Å². The van der Waals surface area contributed by atoms with Crippen molar-refractivity contribution >= 4 is 17.5 Å². The van der Waals surface area contributed by atoms with Crippen LogP contribution in [0, 0.1) is 21.7 Å². The molecule has 10 atom stereocenters. The van der Waals surface area contributed by atoms with Gasteiger partial charge in [0, 0.05) is 56.6 Å². The van der Waals surface area contributed by atoms with Gasteiger partial charge in [0.15, 0.2) is 11.6 Å². The lowest BCUT2D eigenvalue weighted by Crippen LogP contribution is -2.48. The lowest BCUT2D eigenvalue weighted by molar-refractivity contribution is -0.152. The first-order valence-electron chi connectivity index (χ1n) is 33.4. The number of rotatable bonds is 21. The quantitative estimate of drug-likeness (QED) is 0.0242. The number of esters is 1. The standard InChI is InChI=1S/C42H58O6.C40H56O5/c1-29(18-14-19-31(3)22-23-37-38(6,7)26-35(47-33(5)43)27-40(37,10)46)16-12-13-17-30(2)20-15-21-32(4)36(45)28-42-39(8,9)24-34(44)25-41(42,11)48-42;1-28(17-13-18-30(3)21-22-35-36(5,6)23-32(41)25-38(35,9)44)15-11-12-16-29(2)19-14-20-31(4)34(43)27-40-37(7,8)24-33(42)26-39(40,10)45-40/h12-22,34-35,44,46H,24-28H2,1-11H3;11-21,32-33,41-42,44H,23-27H2,1-10H3/b13-12+,18-14+,20-15+,29-16+,30-17+,31-19+,32-21+;12-11+,17-13+,19-14+,28-15+,29-16+,30-18+,31-20+. The fourth-order valence-electron chi connectivity index (χ4n) is 15.2. The van der Waals surface area contributed by atoms with Crippen molar-refractivity contribution in [3.63, 3.8) is 0 Å². The molecule has 0 aromatic carbocycles. The molecule has 6 rings (SSSR count). The van der Waals surface area contributed by atoms with E-state index in [0.717, 1.165) is 44.6 Å². The molecule has 2 heterocycles. The third-order valence-electron chi connectivity index (χ3n) is 20.0. The van der Waals surface area contributed by atoms with Gasteiger partial charge in [-0.05, 0) is 165 Å². The number of ketones is 2. The minimum Gasteiger partial charge on any atom is -0.462 e. The number of allylic oxidation sites excluding steroid dienone is 28. The molecule has 93 heavy (non-hydrogen) atoms. The maximum absolute atomic E-state index is 13.1. The highest BCUT2D eigenvalue weighted by Gasteiger charge is 2.77. The van der Waals surface area contributed by atoms with Gasteiger partial charge in [-0.1, -0.05) is 199 Å². The molecule has 2 aliphatic heterocycles. The molecule has 0 amide bonds. The molecule has 11 heteroatoms. The Balaban J connectivity index is 0.000000338. The molecule has 4 aliphatic carbocycles. The van der Waals surface area contributed by atoms with Crippen molar-refractivity contribution in [1.82, 2.24) is 0 Å². The first kappa shape index (κ1) is 77.6. The van der Waals surface area contributed by atoms with Crippen LogP contribution in [-0.4, -0.2) is 101 Å². The molecule has 10 unspecified atom stereocenters. The molecule has 0 radical (unpaired) electrons. The second kappa shape index (κ2) is 30.8. The van der Waals surface area contributed by atoms with E-state index < -0.39 is 39.7 Å². The lowest BCUT2D eigenvalue weighted by atomic mass is 9.61. The normalized spacial score (nSPS) is 33.1. The average Bonchev–Trinajstić information content (AvgIpc) is 1.52. The van der Waals surface area contributed by atoms with Crippen LogP contribution < -0.4 is 0 Å². The predicted molar refractivity (Wildman–Crippen MR) is 379 cm³/mol.